The summed E-state index contributed by atoms with van der Waals surface area (Å²) in [5.74, 6) is 1.22. The van der Waals surface area contributed by atoms with E-state index < -0.39 is 0 Å². The molecule has 0 saturated heterocycles. The normalized spacial score (nSPS) is 12.1. The number of para-hydroxylation sites is 1. The first-order valence-electron chi connectivity index (χ1n) is 6.62. The van der Waals surface area contributed by atoms with Crippen LogP contribution in [0.5, 0.6) is 0 Å². The molecule has 0 radical (unpaired) electrons. The molecular formula is C15H17ClN4O. The van der Waals surface area contributed by atoms with Gasteiger partial charge in [0.25, 0.3) is 5.89 Å². The van der Waals surface area contributed by atoms with Gasteiger partial charge in [-0.1, -0.05) is 23.4 Å². The van der Waals surface area contributed by atoms with Gasteiger partial charge in [0.1, 0.15) is 0 Å². The second kappa shape index (κ2) is 6.65. The third-order valence-corrected chi connectivity index (χ3v) is 3.31. The highest BCUT2D eigenvalue weighted by atomic mass is 35.5. The molecular weight excluding hydrogens is 288 g/mol. The van der Waals surface area contributed by atoms with Gasteiger partial charge in [-0.25, -0.2) is 0 Å². The molecule has 0 saturated carbocycles. The van der Waals surface area contributed by atoms with E-state index in [1.54, 1.807) is 6.20 Å². The Hall–Kier alpha value is -1.98. The summed E-state index contributed by atoms with van der Waals surface area (Å²) in [4.78, 5) is 8.86. The lowest BCUT2D eigenvalue weighted by Crippen LogP contribution is -2.24. The van der Waals surface area contributed by atoms with Crippen molar-refractivity contribution >= 4 is 23.3 Å². The van der Waals surface area contributed by atoms with Crippen molar-refractivity contribution in [3.05, 3.63) is 42.4 Å². The van der Waals surface area contributed by atoms with Crippen molar-refractivity contribution in [2.75, 3.05) is 7.05 Å². The SMILES string of the molecule is CNC(C)Cc1noc(-c2cccc3cccnc23)n1.Cl. The Morgan fingerprint density at radius 3 is 2.86 bits per heavy atom. The number of hydrogen-bond donors (Lipinski definition) is 1. The van der Waals surface area contributed by atoms with Crippen molar-refractivity contribution in [1.29, 1.82) is 0 Å². The summed E-state index contributed by atoms with van der Waals surface area (Å²) >= 11 is 0. The fraction of sp³-hybridized carbons (Fsp3) is 0.267. The molecule has 6 heteroatoms. The lowest BCUT2D eigenvalue weighted by molar-refractivity contribution is 0.418. The molecule has 3 aromatic rings. The average Bonchev–Trinajstić information content (AvgIpc) is 2.94. The summed E-state index contributed by atoms with van der Waals surface area (Å²) in [6.07, 6.45) is 2.50. The minimum Gasteiger partial charge on any atom is -0.334 e. The van der Waals surface area contributed by atoms with E-state index in [1.165, 1.54) is 0 Å². The lowest BCUT2D eigenvalue weighted by Gasteiger charge is -2.04. The van der Waals surface area contributed by atoms with E-state index in [4.69, 9.17) is 4.52 Å². The molecule has 0 amide bonds. The van der Waals surface area contributed by atoms with Gasteiger partial charge in [0.2, 0.25) is 0 Å². The van der Waals surface area contributed by atoms with E-state index in [9.17, 15) is 0 Å². The zero-order valence-electron chi connectivity index (χ0n) is 11.9. The molecule has 1 aromatic carbocycles. The molecule has 2 aromatic heterocycles. The van der Waals surface area contributed by atoms with Gasteiger partial charge in [0, 0.05) is 24.0 Å². The molecule has 1 N–H and O–H groups in total. The number of pyridine rings is 1. The van der Waals surface area contributed by atoms with Crippen LogP contribution in [0.4, 0.5) is 0 Å². The van der Waals surface area contributed by atoms with Crippen LogP contribution in [0.1, 0.15) is 12.7 Å². The maximum absolute atomic E-state index is 5.38. The van der Waals surface area contributed by atoms with Crippen molar-refractivity contribution in [2.45, 2.75) is 19.4 Å². The van der Waals surface area contributed by atoms with Gasteiger partial charge >= 0.3 is 0 Å². The lowest BCUT2D eigenvalue weighted by atomic mass is 10.1. The predicted molar refractivity (Wildman–Crippen MR) is 84.5 cm³/mol. The molecule has 110 valence electrons. The third-order valence-electron chi connectivity index (χ3n) is 3.31. The van der Waals surface area contributed by atoms with Gasteiger partial charge in [-0.3, -0.25) is 4.98 Å². The van der Waals surface area contributed by atoms with Gasteiger partial charge in [-0.2, -0.15) is 4.98 Å². The number of nitrogens with zero attached hydrogens (tertiary/aromatic N) is 3. The van der Waals surface area contributed by atoms with Crippen LogP contribution in [0, 0.1) is 0 Å². The molecule has 21 heavy (non-hydrogen) atoms. The van der Waals surface area contributed by atoms with Crippen LogP contribution in [0.25, 0.3) is 22.4 Å². The van der Waals surface area contributed by atoms with E-state index in [0.717, 1.165) is 22.9 Å². The molecule has 1 unspecified atom stereocenters. The van der Waals surface area contributed by atoms with E-state index in [1.807, 2.05) is 37.4 Å². The van der Waals surface area contributed by atoms with Crippen molar-refractivity contribution in [3.8, 4) is 11.5 Å². The standard InChI is InChI=1S/C15H16N4O.ClH/c1-10(16-2)9-13-18-15(20-19-13)12-7-3-5-11-6-4-8-17-14(11)12;/h3-8,10,16H,9H2,1-2H3;1H. The molecule has 0 fully saturated rings. The highest BCUT2D eigenvalue weighted by Gasteiger charge is 2.13. The minimum atomic E-state index is 0. The third kappa shape index (κ3) is 3.20. The van der Waals surface area contributed by atoms with Crippen LogP contribution in [-0.4, -0.2) is 28.2 Å². The molecule has 0 spiro atoms. The summed E-state index contributed by atoms with van der Waals surface area (Å²) < 4.78 is 5.38. The number of benzene rings is 1. The summed E-state index contributed by atoms with van der Waals surface area (Å²) in [6, 6.07) is 10.2. The maximum Gasteiger partial charge on any atom is 0.260 e. The number of fused-ring (bicyclic) bond motifs is 1. The first-order valence-corrected chi connectivity index (χ1v) is 6.62. The first kappa shape index (κ1) is 15.4. The fourth-order valence-corrected chi connectivity index (χ4v) is 2.10. The minimum absolute atomic E-state index is 0. The molecule has 5 nitrogen and oxygen atoms in total. The van der Waals surface area contributed by atoms with Crippen LogP contribution in [0.3, 0.4) is 0 Å². The number of aromatic nitrogens is 3. The van der Waals surface area contributed by atoms with Crippen molar-refractivity contribution in [3.63, 3.8) is 0 Å². The Morgan fingerprint density at radius 1 is 1.24 bits per heavy atom. The predicted octanol–water partition coefficient (Wildman–Crippen LogP) is 2.86. The summed E-state index contributed by atoms with van der Waals surface area (Å²) in [6.45, 7) is 2.08. The van der Waals surface area contributed by atoms with Crippen molar-refractivity contribution in [1.82, 2.24) is 20.4 Å². The van der Waals surface area contributed by atoms with Gasteiger partial charge in [-0.15, -0.1) is 12.4 Å². The first-order chi connectivity index (χ1) is 9.78. The second-order valence-electron chi connectivity index (χ2n) is 4.79. The summed E-state index contributed by atoms with van der Waals surface area (Å²) in [5.41, 5.74) is 1.76. The largest absolute Gasteiger partial charge is 0.334 e. The van der Waals surface area contributed by atoms with Crippen molar-refractivity contribution < 1.29 is 4.52 Å². The second-order valence-corrected chi connectivity index (χ2v) is 4.79. The molecule has 0 bridgehead atoms. The van der Waals surface area contributed by atoms with E-state index in [-0.39, 0.29) is 12.4 Å². The molecule has 0 aliphatic heterocycles. The molecule has 2 heterocycles. The quantitative estimate of drug-likeness (QED) is 0.803. The van der Waals surface area contributed by atoms with Crippen LogP contribution >= 0.6 is 12.4 Å². The smallest absolute Gasteiger partial charge is 0.260 e. The van der Waals surface area contributed by atoms with E-state index >= 15 is 0 Å². The highest BCUT2D eigenvalue weighted by Crippen LogP contribution is 2.25. The number of nitrogens with one attached hydrogen (secondary N) is 1. The van der Waals surface area contributed by atoms with Gasteiger partial charge in [0.05, 0.1) is 11.1 Å². The number of hydrogen-bond acceptors (Lipinski definition) is 5. The Morgan fingerprint density at radius 2 is 2.05 bits per heavy atom. The summed E-state index contributed by atoms with van der Waals surface area (Å²) in [5, 5.41) is 8.25. The Kier molecular flexibility index (Phi) is 4.88. The fourth-order valence-electron chi connectivity index (χ4n) is 2.10. The Labute approximate surface area is 129 Å². The molecule has 1 atom stereocenters. The van der Waals surface area contributed by atoms with Gasteiger partial charge in [0.15, 0.2) is 5.82 Å². The zero-order chi connectivity index (χ0) is 13.9. The average molecular weight is 305 g/mol. The van der Waals surface area contributed by atoms with Crippen LogP contribution in [0.2, 0.25) is 0 Å². The summed E-state index contributed by atoms with van der Waals surface area (Å²) in [7, 11) is 1.92. The topological polar surface area (TPSA) is 63.8 Å². The monoisotopic (exact) mass is 304 g/mol. The van der Waals surface area contributed by atoms with E-state index in [0.29, 0.717) is 17.8 Å². The van der Waals surface area contributed by atoms with Crippen LogP contribution in [0.15, 0.2) is 41.1 Å². The Bertz CT molecular complexity index is 723. The number of likely N-dealkylation sites (N-methyl/N-ethyl adjacent to an activating group) is 1. The maximum atomic E-state index is 5.38. The highest BCUT2D eigenvalue weighted by molar-refractivity contribution is 5.91. The molecule has 0 aliphatic rings. The number of halogens is 1. The Balaban J connectivity index is 0.00000161. The zero-order valence-corrected chi connectivity index (χ0v) is 12.7. The van der Waals surface area contributed by atoms with Crippen LogP contribution in [-0.2, 0) is 6.42 Å². The molecule has 0 aliphatic carbocycles. The van der Waals surface area contributed by atoms with Crippen LogP contribution < -0.4 is 5.32 Å². The molecule has 3 rings (SSSR count). The van der Waals surface area contributed by atoms with Crippen molar-refractivity contribution in [2.24, 2.45) is 0 Å². The van der Waals surface area contributed by atoms with E-state index in [2.05, 4.69) is 27.4 Å². The number of rotatable bonds is 4. The van der Waals surface area contributed by atoms with Gasteiger partial charge in [-0.05, 0) is 26.1 Å². The van der Waals surface area contributed by atoms with Gasteiger partial charge < -0.3 is 9.84 Å².